The first-order chi connectivity index (χ1) is 7.61. The molecule has 2 atom stereocenters. The standard InChI is InChI=1S/C13H22N2S/c1-4-14-11-5-6-13(3,7-11)8-12-15-10(2)9-16-12/h9,11,14H,4-8H2,1-3H3. The monoisotopic (exact) mass is 238 g/mol. The zero-order chi connectivity index (χ0) is 11.6. The third-order valence-corrected chi connectivity index (χ3v) is 4.54. The second-order valence-electron chi connectivity index (χ2n) is 5.37. The highest BCUT2D eigenvalue weighted by Crippen LogP contribution is 2.40. The summed E-state index contributed by atoms with van der Waals surface area (Å²) >= 11 is 1.82. The van der Waals surface area contributed by atoms with Gasteiger partial charge in [0.2, 0.25) is 0 Å². The van der Waals surface area contributed by atoms with Gasteiger partial charge in [-0.15, -0.1) is 11.3 Å². The van der Waals surface area contributed by atoms with Crippen molar-refractivity contribution in [3.8, 4) is 0 Å². The summed E-state index contributed by atoms with van der Waals surface area (Å²) in [6.45, 7) is 7.79. The highest BCUT2D eigenvalue weighted by atomic mass is 32.1. The lowest BCUT2D eigenvalue weighted by Crippen LogP contribution is -2.28. The summed E-state index contributed by atoms with van der Waals surface area (Å²) in [6.07, 6.45) is 5.13. The quantitative estimate of drug-likeness (QED) is 0.871. The smallest absolute Gasteiger partial charge is 0.0933 e. The molecule has 1 aliphatic rings. The number of thiazole rings is 1. The molecule has 2 nitrogen and oxygen atoms in total. The Bertz CT molecular complexity index is 347. The van der Waals surface area contributed by atoms with Crippen molar-refractivity contribution in [2.24, 2.45) is 5.41 Å². The van der Waals surface area contributed by atoms with Gasteiger partial charge >= 0.3 is 0 Å². The van der Waals surface area contributed by atoms with Gasteiger partial charge in [0.05, 0.1) is 5.01 Å². The first kappa shape index (κ1) is 12.1. The second kappa shape index (κ2) is 4.84. The topological polar surface area (TPSA) is 24.9 Å². The number of nitrogens with one attached hydrogen (secondary N) is 1. The van der Waals surface area contributed by atoms with Gasteiger partial charge in [0.15, 0.2) is 0 Å². The van der Waals surface area contributed by atoms with Crippen molar-refractivity contribution in [2.75, 3.05) is 6.54 Å². The minimum atomic E-state index is 0.469. The summed E-state index contributed by atoms with van der Waals surface area (Å²) in [5, 5.41) is 7.05. The lowest BCUT2D eigenvalue weighted by atomic mass is 9.85. The van der Waals surface area contributed by atoms with Gasteiger partial charge in [-0.1, -0.05) is 13.8 Å². The second-order valence-corrected chi connectivity index (χ2v) is 6.31. The summed E-state index contributed by atoms with van der Waals surface area (Å²) in [7, 11) is 0. The Balaban J connectivity index is 1.94. The largest absolute Gasteiger partial charge is 0.314 e. The SMILES string of the molecule is CCNC1CCC(C)(Cc2nc(C)cs2)C1. The van der Waals surface area contributed by atoms with Crippen molar-refractivity contribution in [2.45, 2.75) is 52.5 Å². The van der Waals surface area contributed by atoms with Crippen LogP contribution in [0.2, 0.25) is 0 Å². The summed E-state index contributed by atoms with van der Waals surface area (Å²) in [5.74, 6) is 0. The van der Waals surface area contributed by atoms with Crippen LogP contribution in [-0.2, 0) is 6.42 Å². The molecule has 16 heavy (non-hydrogen) atoms. The molecular weight excluding hydrogens is 216 g/mol. The first-order valence-corrected chi connectivity index (χ1v) is 7.14. The van der Waals surface area contributed by atoms with E-state index >= 15 is 0 Å². The summed E-state index contributed by atoms with van der Waals surface area (Å²) in [4.78, 5) is 4.59. The fraction of sp³-hybridized carbons (Fsp3) is 0.769. The minimum Gasteiger partial charge on any atom is -0.314 e. The van der Waals surface area contributed by atoms with E-state index in [9.17, 15) is 0 Å². The van der Waals surface area contributed by atoms with E-state index in [4.69, 9.17) is 0 Å². The Morgan fingerprint density at radius 2 is 2.44 bits per heavy atom. The lowest BCUT2D eigenvalue weighted by molar-refractivity contribution is 0.322. The van der Waals surface area contributed by atoms with Crippen LogP contribution in [-0.4, -0.2) is 17.6 Å². The number of hydrogen-bond acceptors (Lipinski definition) is 3. The van der Waals surface area contributed by atoms with Crippen LogP contribution in [0.15, 0.2) is 5.38 Å². The Hall–Kier alpha value is -0.410. The molecule has 1 aliphatic carbocycles. The molecule has 1 heterocycles. The van der Waals surface area contributed by atoms with E-state index in [1.807, 2.05) is 11.3 Å². The van der Waals surface area contributed by atoms with Crippen LogP contribution in [0, 0.1) is 12.3 Å². The van der Waals surface area contributed by atoms with E-state index in [0.717, 1.165) is 19.0 Å². The van der Waals surface area contributed by atoms with Gasteiger partial charge in [0, 0.05) is 23.5 Å². The molecule has 0 aromatic carbocycles. The van der Waals surface area contributed by atoms with E-state index in [1.165, 1.54) is 30.0 Å². The predicted octanol–water partition coefficient (Wildman–Crippen LogP) is 3.16. The number of rotatable bonds is 4. The van der Waals surface area contributed by atoms with E-state index in [0.29, 0.717) is 5.41 Å². The molecule has 0 spiro atoms. The zero-order valence-electron chi connectivity index (χ0n) is 10.5. The van der Waals surface area contributed by atoms with E-state index in [-0.39, 0.29) is 0 Å². The molecule has 1 fully saturated rings. The molecule has 1 aromatic heterocycles. The number of aromatic nitrogens is 1. The molecule has 2 unspecified atom stereocenters. The number of hydrogen-bond donors (Lipinski definition) is 1. The van der Waals surface area contributed by atoms with Crippen molar-refractivity contribution in [1.29, 1.82) is 0 Å². The summed E-state index contributed by atoms with van der Waals surface area (Å²) < 4.78 is 0. The lowest BCUT2D eigenvalue weighted by Gasteiger charge is -2.23. The van der Waals surface area contributed by atoms with Crippen molar-refractivity contribution in [3.63, 3.8) is 0 Å². The first-order valence-electron chi connectivity index (χ1n) is 6.26. The van der Waals surface area contributed by atoms with Crippen LogP contribution < -0.4 is 5.32 Å². The van der Waals surface area contributed by atoms with Crippen LogP contribution in [0.1, 0.15) is 43.8 Å². The van der Waals surface area contributed by atoms with Gasteiger partial charge in [-0.25, -0.2) is 4.98 Å². The van der Waals surface area contributed by atoms with Crippen molar-refractivity contribution < 1.29 is 0 Å². The van der Waals surface area contributed by atoms with Gasteiger partial charge in [0.25, 0.3) is 0 Å². The Morgan fingerprint density at radius 3 is 3.06 bits per heavy atom. The molecule has 1 saturated carbocycles. The number of nitrogens with zero attached hydrogens (tertiary/aromatic N) is 1. The predicted molar refractivity (Wildman–Crippen MR) is 70.0 cm³/mol. The van der Waals surface area contributed by atoms with E-state index in [2.05, 4.69) is 36.5 Å². The van der Waals surface area contributed by atoms with Gasteiger partial charge in [-0.3, -0.25) is 0 Å². The van der Waals surface area contributed by atoms with Crippen LogP contribution in [0.3, 0.4) is 0 Å². The van der Waals surface area contributed by atoms with Gasteiger partial charge in [-0.2, -0.15) is 0 Å². The molecule has 0 bridgehead atoms. The number of aryl methyl sites for hydroxylation is 1. The van der Waals surface area contributed by atoms with Gasteiger partial charge in [-0.05, 0) is 38.1 Å². The molecule has 0 saturated heterocycles. The highest BCUT2D eigenvalue weighted by molar-refractivity contribution is 7.09. The van der Waals surface area contributed by atoms with E-state index < -0.39 is 0 Å². The average Bonchev–Trinajstić information content (AvgIpc) is 2.75. The van der Waals surface area contributed by atoms with Crippen LogP contribution in [0.25, 0.3) is 0 Å². The fourth-order valence-electron chi connectivity index (χ4n) is 2.79. The molecule has 1 N–H and O–H groups in total. The van der Waals surface area contributed by atoms with Crippen molar-refractivity contribution in [3.05, 3.63) is 16.1 Å². The van der Waals surface area contributed by atoms with Gasteiger partial charge in [0.1, 0.15) is 0 Å². The Kier molecular flexibility index (Phi) is 3.65. The average molecular weight is 238 g/mol. The molecule has 0 aliphatic heterocycles. The third kappa shape index (κ3) is 2.83. The normalized spacial score (nSPS) is 29.8. The Morgan fingerprint density at radius 1 is 1.62 bits per heavy atom. The molecule has 2 rings (SSSR count). The molecule has 1 aromatic rings. The maximum Gasteiger partial charge on any atom is 0.0933 e. The fourth-order valence-corrected chi connectivity index (χ4v) is 3.78. The molecular formula is C13H22N2S. The zero-order valence-corrected chi connectivity index (χ0v) is 11.4. The van der Waals surface area contributed by atoms with Crippen LogP contribution >= 0.6 is 11.3 Å². The maximum atomic E-state index is 4.59. The highest BCUT2D eigenvalue weighted by Gasteiger charge is 2.35. The minimum absolute atomic E-state index is 0.469. The van der Waals surface area contributed by atoms with Gasteiger partial charge < -0.3 is 5.32 Å². The summed E-state index contributed by atoms with van der Waals surface area (Å²) in [5.41, 5.74) is 1.64. The van der Waals surface area contributed by atoms with Crippen LogP contribution in [0.4, 0.5) is 0 Å². The summed E-state index contributed by atoms with van der Waals surface area (Å²) in [6, 6.07) is 0.732. The molecule has 0 radical (unpaired) electrons. The molecule has 3 heteroatoms. The molecule has 90 valence electrons. The molecule has 0 amide bonds. The Labute approximate surface area is 102 Å². The third-order valence-electron chi connectivity index (χ3n) is 3.57. The van der Waals surface area contributed by atoms with Crippen LogP contribution in [0.5, 0.6) is 0 Å². The van der Waals surface area contributed by atoms with Crippen molar-refractivity contribution >= 4 is 11.3 Å². The van der Waals surface area contributed by atoms with Crippen molar-refractivity contribution in [1.82, 2.24) is 10.3 Å². The van der Waals surface area contributed by atoms with E-state index in [1.54, 1.807) is 0 Å². The maximum absolute atomic E-state index is 4.59.